The lowest BCUT2D eigenvalue weighted by atomic mass is 9.96. The van der Waals surface area contributed by atoms with Crippen molar-refractivity contribution in [2.75, 3.05) is 0 Å². The number of nitrogens with zero attached hydrogens (tertiary/aromatic N) is 1. The normalized spacial score (nSPS) is 9.76. The first-order valence-corrected chi connectivity index (χ1v) is 7.35. The quantitative estimate of drug-likeness (QED) is 0.538. The summed E-state index contributed by atoms with van der Waals surface area (Å²) in [7, 11) is 0. The minimum atomic E-state index is 0.879. The van der Waals surface area contributed by atoms with Crippen LogP contribution in [0.1, 0.15) is 37.3 Å². The number of hydrogen-bond donors (Lipinski definition) is 0. The molecule has 0 aliphatic carbocycles. The number of unbranched alkanes of at least 4 members (excludes halogenated alkanes) is 1. The van der Waals surface area contributed by atoms with E-state index in [0.29, 0.717) is 0 Å². The molecule has 21 heavy (non-hydrogen) atoms. The molecule has 0 bridgehead atoms. The zero-order valence-electron chi connectivity index (χ0n) is 12.4. The summed E-state index contributed by atoms with van der Waals surface area (Å²) in [5.41, 5.74) is 4.66. The maximum Gasteiger partial charge on any atom is 0.0102 e. The molecule has 2 rings (SSSR count). The topological polar surface area (TPSA) is 22.3 Å². The highest BCUT2D eigenvalue weighted by Crippen LogP contribution is 2.24. The Balaban J connectivity index is 2.19. The molecule has 1 nitrogen and oxygen atoms in total. The van der Waals surface area contributed by atoms with E-state index in [1.54, 1.807) is 0 Å². The van der Waals surface area contributed by atoms with Gasteiger partial charge in [0.15, 0.2) is 0 Å². The Bertz CT molecular complexity index is 591. The number of hydrogen-bond acceptors (Lipinski definition) is 0. The van der Waals surface area contributed by atoms with Crippen LogP contribution in [0.2, 0.25) is 0 Å². The first kappa shape index (κ1) is 15.0. The van der Waals surface area contributed by atoms with Crippen LogP contribution in [0, 0.1) is 0 Å². The molecular formula is C20H20N. The third-order valence-electron chi connectivity index (χ3n) is 3.46. The molecule has 0 N–H and O–H groups in total. The van der Waals surface area contributed by atoms with Gasteiger partial charge in [-0.1, -0.05) is 72.1 Å². The van der Waals surface area contributed by atoms with E-state index in [0.717, 1.165) is 24.8 Å². The van der Waals surface area contributed by atoms with Crippen molar-refractivity contribution in [2.45, 2.75) is 26.2 Å². The van der Waals surface area contributed by atoms with E-state index in [9.17, 15) is 0 Å². The third kappa shape index (κ3) is 4.59. The summed E-state index contributed by atoms with van der Waals surface area (Å²) in [4.78, 5) is 0. The Labute approximate surface area is 127 Å². The van der Waals surface area contributed by atoms with Crippen LogP contribution in [-0.2, 0) is 0 Å². The van der Waals surface area contributed by atoms with Crippen LogP contribution < -0.4 is 5.41 Å². The Hall–Kier alpha value is -2.37. The van der Waals surface area contributed by atoms with Gasteiger partial charge in [0, 0.05) is 5.87 Å². The van der Waals surface area contributed by atoms with Crippen LogP contribution in [-0.4, -0.2) is 5.87 Å². The summed E-state index contributed by atoms with van der Waals surface area (Å²) < 4.78 is 0. The Morgan fingerprint density at radius 1 is 0.952 bits per heavy atom. The van der Waals surface area contributed by atoms with Crippen LogP contribution in [0.25, 0.3) is 5.57 Å². The first-order valence-electron chi connectivity index (χ1n) is 7.35. The second-order valence-electron chi connectivity index (χ2n) is 5.13. The van der Waals surface area contributed by atoms with E-state index in [1.165, 1.54) is 16.7 Å². The number of rotatable bonds is 6. The summed E-state index contributed by atoms with van der Waals surface area (Å²) in [6.45, 7) is 1.90. The van der Waals surface area contributed by atoms with Crippen LogP contribution in [0.3, 0.4) is 0 Å². The van der Waals surface area contributed by atoms with Crippen LogP contribution in [0.5, 0.6) is 0 Å². The second-order valence-corrected chi connectivity index (χ2v) is 5.13. The molecule has 0 spiro atoms. The predicted molar refractivity (Wildman–Crippen MR) is 90.1 cm³/mol. The molecule has 2 aromatic carbocycles. The predicted octanol–water partition coefficient (Wildman–Crippen LogP) is 4.70. The molecular weight excluding hydrogens is 254 g/mol. The molecule has 0 aliphatic heterocycles. The van der Waals surface area contributed by atoms with Crippen molar-refractivity contribution < 1.29 is 0 Å². The largest absolute Gasteiger partial charge is 0.0970 e. The van der Waals surface area contributed by atoms with Gasteiger partial charge in [-0.05, 0) is 48.5 Å². The lowest BCUT2D eigenvalue weighted by molar-refractivity contribution is 0.840. The molecule has 0 fully saturated rings. The highest BCUT2D eigenvalue weighted by molar-refractivity contribution is 5.79. The van der Waals surface area contributed by atoms with Crippen molar-refractivity contribution in [3.63, 3.8) is 0 Å². The lowest BCUT2D eigenvalue weighted by Gasteiger charge is -2.08. The van der Waals surface area contributed by atoms with E-state index in [1.807, 2.05) is 19.1 Å². The number of allylic oxidation sites excluding steroid dienone is 2. The summed E-state index contributed by atoms with van der Waals surface area (Å²) in [5, 5.41) is 8.80. The van der Waals surface area contributed by atoms with E-state index in [-0.39, 0.29) is 0 Å². The minimum absolute atomic E-state index is 0.879. The molecule has 1 heteroatoms. The fourth-order valence-corrected chi connectivity index (χ4v) is 2.31. The van der Waals surface area contributed by atoms with Gasteiger partial charge in [0.25, 0.3) is 0 Å². The second kappa shape index (κ2) is 8.04. The molecule has 105 valence electrons. The van der Waals surface area contributed by atoms with Gasteiger partial charge < -0.3 is 0 Å². The third-order valence-corrected chi connectivity index (χ3v) is 3.46. The van der Waals surface area contributed by atoms with Crippen molar-refractivity contribution in [2.24, 2.45) is 0 Å². The molecule has 0 amide bonds. The summed E-state index contributed by atoms with van der Waals surface area (Å²) >= 11 is 0. The molecule has 0 atom stereocenters. The molecule has 0 saturated carbocycles. The molecule has 0 saturated heterocycles. The maximum absolute atomic E-state index is 8.80. The average molecular weight is 274 g/mol. The standard InChI is InChI=1S/C20H20N/c1-17(16-21)10-8-9-15-20(18-11-4-2-5-12-18)19-13-6-3-7-14-19/h2-7,11-15H,8-10H2,1H3. The van der Waals surface area contributed by atoms with E-state index in [2.05, 4.69) is 60.5 Å². The molecule has 0 unspecified atom stereocenters. The van der Waals surface area contributed by atoms with Gasteiger partial charge in [-0.2, -0.15) is 0 Å². The molecule has 0 aromatic heterocycles. The molecule has 2 aromatic rings. The van der Waals surface area contributed by atoms with Gasteiger partial charge in [-0.15, -0.1) is 0 Å². The smallest absolute Gasteiger partial charge is 0.0102 e. The summed E-state index contributed by atoms with van der Waals surface area (Å²) in [6, 6.07) is 20.9. The van der Waals surface area contributed by atoms with Crippen molar-refractivity contribution >= 4 is 11.4 Å². The van der Waals surface area contributed by atoms with Gasteiger partial charge in [-0.3, -0.25) is 0 Å². The maximum atomic E-state index is 8.80. The first-order chi connectivity index (χ1) is 10.3. The molecule has 0 aliphatic rings. The molecule has 0 heterocycles. The van der Waals surface area contributed by atoms with Crippen molar-refractivity contribution in [1.82, 2.24) is 5.41 Å². The lowest BCUT2D eigenvalue weighted by Crippen LogP contribution is -1.88. The van der Waals surface area contributed by atoms with Gasteiger partial charge >= 0.3 is 0 Å². The summed E-state index contributed by atoms with van der Waals surface area (Å²) in [6.07, 6.45) is 5.17. The van der Waals surface area contributed by atoms with Gasteiger partial charge in [0.2, 0.25) is 0 Å². The zero-order chi connectivity index (χ0) is 14.9. The Morgan fingerprint density at radius 2 is 1.48 bits per heavy atom. The van der Waals surface area contributed by atoms with E-state index >= 15 is 0 Å². The molecule has 1 radical (unpaired) electrons. The fraction of sp³-hybridized carbons (Fsp3) is 0.200. The monoisotopic (exact) mass is 274 g/mol. The SMILES string of the molecule is CC(=C=[N])CCCC=C(c1ccccc1)c1ccccc1. The van der Waals surface area contributed by atoms with Gasteiger partial charge in [-0.25, -0.2) is 0 Å². The van der Waals surface area contributed by atoms with E-state index in [4.69, 9.17) is 5.41 Å². The van der Waals surface area contributed by atoms with E-state index < -0.39 is 0 Å². The van der Waals surface area contributed by atoms with Crippen LogP contribution in [0.15, 0.2) is 72.3 Å². The van der Waals surface area contributed by atoms with Crippen molar-refractivity contribution in [3.05, 3.63) is 83.4 Å². The average Bonchev–Trinajstić information content (AvgIpc) is 2.56. The van der Waals surface area contributed by atoms with Gasteiger partial charge in [0.1, 0.15) is 0 Å². The Kier molecular flexibility index (Phi) is 5.75. The number of benzene rings is 2. The van der Waals surface area contributed by atoms with Crippen LogP contribution >= 0.6 is 0 Å². The Morgan fingerprint density at radius 3 is 1.95 bits per heavy atom. The summed E-state index contributed by atoms with van der Waals surface area (Å²) in [5.74, 6) is 2.21. The zero-order valence-corrected chi connectivity index (χ0v) is 12.4. The van der Waals surface area contributed by atoms with Gasteiger partial charge in [0.05, 0.1) is 0 Å². The highest BCUT2D eigenvalue weighted by Gasteiger charge is 2.03. The van der Waals surface area contributed by atoms with Crippen molar-refractivity contribution in [3.8, 4) is 0 Å². The fourth-order valence-electron chi connectivity index (χ4n) is 2.31. The minimum Gasteiger partial charge on any atom is -0.0970 e. The highest BCUT2D eigenvalue weighted by atomic mass is 14.3. The van der Waals surface area contributed by atoms with Crippen molar-refractivity contribution in [1.29, 1.82) is 0 Å². The van der Waals surface area contributed by atoms with Crippen LogP contribution in [0.4, 0.5) is 0 Å².